The minimum absolute atomic E-state index is 0.441. The molecule has 0 saturated carbocycles. The van der Waals surface area contributed by atoms with Gasteiger partial charge < -0.3 is 5.11 Å². The second-order valence-corrected chi connectivity index (χ2v) is 6.60. The largest absolute Gasteiger partial charge is 0.478 e. The number of halogens is 1. The van der Waals surface area contributed by atoms with E-state index in [2.05, 4.69) is 6.92 Å². The van der Waals surface area contributed by atoms with E-state index in [1.165, 1.54) is 0 Å². The molecule has 0 radical (unpaired) electrons. The fraction of sp³-hybridized carbons (Fsp3) is 0.471. The second-order valence-electron chi connectivity index (χ2n) is 6.22. The van der Waals surface area contributed by atoms with E-state index in [0.717, 1.165) is 34.6 Å². The summed E-state index contributed by atoms with van der Waals surface area (Å²) in [6.45, 7) is 8.14. The molecule has 0 heterocycles. The third-order valence-corrected chi connectivity index (χ3v) is 4.98. The summed E-state index contributed by atoms with van der Waals surface area (Å²) in [4.78, 5) is 11.6. The van der Waals surface area contributed by atoms with Crippen molar-refractivity contribution in [2.75, 3.05) is 0 Å². The SMILES string of the molecule is Cc1cc(C2(C)CC(C)CC=C2C(=O)O)cc(C)c1Cl. The highest BCUT2D eigenvalue weighted by Gasteiger charge is 2.39. The van der Waals surface area contributed by atoms with Crippen molar-refractivity contribution in [1.82, 2.24) is 0 Å². The normalized spacial score (nSPS) is 26.2. The predicted molar refractivity (Wildman–Crippen MR) is 82.4 cm³/mol. The quantitative estimate of drug-likeness (QED) is 0.861. The maximum atomic E-state index is 11.6. The molecule has 1 aliphatic carbocycles. The molecule has 0 aromatic heterocycles. The predicted octanol–water partition coefficient (Wildman–Crippen LogP) is 4.66. The third kappa shape index (κ3) is 2.49. The van der Waals surface area contributed by atoms with Crippen molar-refractivity contribution < 1.29 is 9.90 Å². The van der Waals surface area contributed by atoms with E-state index in [0.29, 0.717) is 11.5 Å². The first-order valence-electron chi connectivity index (χ1n) is 6.97. The van der Waals surface area contributed by atoms with Crippen LogP contribution in [-0.2, 0) is 10.2 Å². The van der Waals surface area contributed by atoms with E-state index in [1.807, 2.05) is 39.0 Å². The van der Waals surface area contributed by atoms with Crippen LogP contribution in [0, 0.1) is 19.8 Å². The summed E-state index contributed by atoms with van der Waals surface area (Å²) < 4.78 is 0. The topological polar surface area (TPSA) is 37.3 Å². The molecule has 0 amide bonds. The van der Waals surface area contributed by atoms with Gasteiger partial charge in [-0.1, -0.05) is 43.7 Å². The summed E-state index contributed by atoms with van der Waals surface area (Å²) >= 11 is 6.23. The first-order chi connectivity index (χ1) is 9.25. The van der Waals surface area contributed by atoms with Crippen LogP contribution < -0.4 is 0 Å². The van der Waals surface area contributed by atoms with Crippen molar-refractivity contribution in [3.05, 3.63) is 45.5 Å². The summed E-state index contributed by atoms with van der Waals surface area (Å²) in [5, 5.41) is 10.3. The van der Waals surface area contributed by atoms with Gasteiger partial charge in [-0.05, 0) is 49.3 Å². The van der Waals surface area contributed by atoms with Gasteiger partial charge in [-0.25, -0.2) is 4.79 Å². The van der Waals surface area contributed by atoms with E-state index >= 15 is 0 Å². The van der Waals surface area contributed by atoms with Crippen LogP contribution in [0.15, 0.2) is 23.8 Å². The van der Waals surface area contributed by atoms with Gasteiger partial charge in [0.15, 0.2) is 0 Å². The van der Waals surface area contributed by atoms with Gasteiger partial charge in [0.05, 0.1) is 0 Å². The van der Waals surface area contributed by atoms with Crippen LogP contribution in [-0.4, -0.2) is 11.1 Å². The van der Waals surface area contributed by atoms with Gasteiger partial charge in [0.25, 0.3) is 0 Å². The van der Waals surface area contributed by atoms with Crippen molar-refractivity contribution in [3.63, 3.8) is 0 Å². The number of aliphatic carboxylic acids is 1. The monoisotopic (exact) mass is 292 g/mol. The van der Waals surface area contributed by atoms with Crippen LogP contribution in [0.3, 0.4) is 0 Å². The first-order valence-corrected chi connectivity index (χ1v) is 7.34. The number of carboxylic acid groups (broad SMARTS) is 1. The number of carbonyl (C=O) groups is 1. The fourth-order valence-corrected chi connectivity index (χ4v) is 3.40. The lowest BCUT2D eigenvalue weighted by molar-refractivity contribution is -0.133. The second kappa shape index (κ2) is 5.25. The lowest BCUT2D eigenvalue weighted by Gasteiger charge is -2.37. The maximum absolute atomic E-state index is 11.6. The zero-order valence-corrected chi connectivity index (χ0v) is 13.2. The Hall–Kier alpha value is -1.28. The number of aryl methyl sites for hydroxylation is 2. The molecule has 0 fully saturated rings. The molecule has 1 N–H and O–H groups in total. The molecular weight excluding hydrogens is 272 g/mol. The molecule has 2 unspecified atom stereocenters. The van der Waals surface area contributed by atoms with E-state index < -0.39 is 11.4 Å². The van der Waals surface area contributed by atoms with Crippen LogP contribution in [0.5, 0.6) is 0 Å². The van der Waals surface area contributed by atoms with Gasteiger partial charge in [-0.2, -0.15) is 0 Å². The summed E-state index contributed by atoms with van der Waals surface area (Å²) in [5.74, 6) is -0.330. The molecule has 1 aromatic rings. The molecule has 2 rings (SSSR count). The number of hydrogen-bond donors (Lipinski definition) is 1. The minimum Gasteiger partial charge on any atom is -0.478 e. The van der Waals surface area contributed by atoms with Gasteiger partial charge in [-0.3, -0.25) is 0 Å². The summed E-state index contributed by atoms with van der Waals surface area (Å²) in [6.07, 6.45) is 3.57. The fourth-order valence-electron chi connectivity index (χ4n) is 3.30. The maximum Gasteiger partial charge on any atom is 0.332 e. The Morgan fingerprint density at radius 1 is 1.35 bits per heavy atom. The number of carboxylic acids is 1. The Balaban J connectivity index is 2.60. The molecule has 1 aliphatic rings. The van der Waals surface area contributed by atoms with E-state index in [4.69, 9.17) is 11.6 Å². The first kappa shape index (κ1) is 15.1. The molecule has 2 atom stereocenters. The number of benzene rings is 1. The average molecular weight is 293 g/mol. The van der Waals surface area contributed by atoms with E-state index in [9.17, 15) is 9.90 Å². The van der Waals surface area contributed by atoms with Gasteiger partial charge in [0.1, 0.15) is 0 Å². The molecule has 20 heavy (non-hydrogen) atoms. The van der Waals surface area contributed by atoms with Crippen LogP contribution in [0.4, 0.5) is 0 Å². The highest BCUT2D eigenvalue weighted by Crippen LogP contribution is 2.44. The highest BCUT2D eigenvalue weighted by molar-refractivity contribution is 6.32. The molecule has 2 nitrogen and oxygen atoms in total. The lowest BCUT2D eigenvalue weighted by atomic mass is 9.66. The molecule has 3 heteroatoms. The Bertz CT molecular complexity index is 566. The number of allylic oxidation sites excluding steroid dienone is 1. The van der Waals surface area contributed by atoms with Crippen molar-refractivity contribution >= 4 is 17.6 Å². The lowest BCUT2D eigenvalue weighted by Crippen LogP contribution is -2.34. The van der Waals surface area contributed by atoms with Gasteiger partial charge in [0, 0.05) is 16.0 Å². The van der Waals surface area contributed by atoms with Crippen molar-refractivity contribution in [2.45, 2.75) is 46.0 Å². The van der Waals surface area contributed by atoms with E-state index in [1.54, 1.807) is 0 Å². The Kier molecular flexibility index (Phi) is 3.97. The summed E-state index contributed by atoms with van der Waals surface area (Å²) in [7, 11) is 0. The molecule has 1 aromatic carbocycles. The van der Waals surface area contributed by atoms with Gasteiger partial charge in [0.2, 0.25) is 0 Å². The minimum atomic E-state index is -0.815. The van der Waals surface area contributed by atoms with Crippen LogP contribution in [0.2, 0.25) is 5.02 Å². The molecule has 0 aliphatic heterocycles. The summed E-state index contributed by atoms with van der Waals surface area (Å²) in [6, 6.07) is 4.06. The average Bonchev–Trinajstić information content (AvgIpc) is 2.34. The highest BCUT2D eigenvalue weighted by atomic mass is 35.5. The van der Waals surface area contributed by atoms with Gasteiger partial charge >= 0.3 is 5.97 Å². The van der Waals surface area contributed by atoms with Crippen LogP contribution in [0.25, 0.3) is 0 Å². The zero-order valence-electron chi connectivity index (χ0n) is 12.5. The van der Waals surface area contributed by atoms with Crippen molar-refractivity contribution in [3.8, 4) is 0 Å². The molecule has 108 valence electrons. The van der Waals surface area contributed by atoms with Crippen LogP contribution in [0.1, 0.15) is 43.4 Å². The molecule has 0 bridgehead atoms. The summed E-state index contributed by atoms with van der Waals surface area (Å²) in [5.41, 5.74) is 3.13. The molecule has 0 spiro atoms. The molecular formula is C17H21ClO2. The molecule has 0 saturated heterocycles. The Morgan fingerprint density at radius 3 is 2.40 bits per heavy atom. The number of hydrogen-bond acceptors (Lipinski definition) is 1. The smallest absolute Gasteiger partial charge is 0.332 e. The zero-order chi connectivity index (χ0) is 15.1. The Morgan fingerprint density at radius 2 is 1.90 bits per heavy atom. The number of rotatable bonds is 2. The van der Waals surface area contributed by atoms with Crippen LogP contribution >= 0.6 is 11.6 Å². The van der Waals surface area contributed by atoms with E-state index in [-0.39, 0.29) is 0 Å². The van der Waals surface area contributed by atoms with Crippen molar-refractivity contribution in [2.24, 2.45) is 5.92 Å². The third-order valence-electron chi connectivity index (χ3n) is 4.38. The Labute approximate surface area is 125 Å². The van der Waals surface area contributed by atoms with Crippen molar-refractivity contribution in [1.29, 1.82) is 0 Å². The van der Waals surface area contributed by atoms with Gasteiger partial charge in [-0.15, -0.1) is 0 Å². The standard InChI is InChI=1S/C17H21ClO2/c1-10-5-6-14(16(19)20)17(4,9-10)13-7-11(2)15(18)12(3)8-13/h6-8,10H,5,9H2,1-4H3,(H,19,20).